The van der Waals surface area contributed by atoms with Gasteiger partial charge in [-0.3, -0.25) is 14.4 Å². The van der Waals surface area contributed by atoms with E-state index in [4.69, 9.17) is 18.9 Å². The maximum Gasteiger partial charge on any atom is 0.334 e. The third-order valence-corrected chi connectivity index (χ3v) is 9.65. The Morgan fingerprint density at radius 3 is 2.47 bits per heavy atom. The first-order valence-electron chi connectivity index (χ1n) is 12.6. The highest BCUT2D eigenvalue weighted by molar-refractivity contribution is 5.92. The van der Waals surface area contributed by atoms with Crippen molar-refractivity contribution in [2.75, 3.05) is 13.7 Å². The molecule has 0 aromatic rings. The third-order valence-electron chi connectivity index (χ3n) is 9.65. The molecule has 36 heavy (non-hydrogen) atoms. The third kappa shape index (κ3) is 3.22. The normalized spacial score (nSPS) is 41.2. The van der Waals surface area contributed by atoms with Crippen LogP contribution in [0, 0.1) is 28.6 Å². The summed E-state index contributed by atoms with van der Waals surface area (Å²) >= 11 is 0. The van der Waals surface area contributed by atoms with Crippen LogP contribution in [0.25, 0.3) is 0 Å². The van der Waals surface area contributed by atoms with E-state index in [1.54, 1.807) is 0 Å². The van der Waals surface area contributed by atoms with Crippen molar-refractivity contribution in [1.29, 1.82) is 0 Å². The number of ketones is 1. The molecule has 8 nitrogen and oxygen atoms in total. The summed E-state index contributed by atoms with van der Waals surface area (Å²) in [5.74, 6) is -2.16. The lowest BCUT2D eigenvalue weighted by molar-refractivity contribution is -0.205. The highest BCUT2D eigenvalue weighted by Gasteiger charge is 2.72. The molecule has 3 aliphatic carbocycles. The van der Waals surface area contributed by atoms with Gasteiger partial charge in [-0.1, -0.05) is 31.1 Å². The summed E-state index contributed by atoms with van der Waals surface area (Å²) in [6, 6.07) is 0. The number of fused-ring (bicyclic) bond motifs is 4. The van der Waals surface area contributed by atoms with Crippen LogP contribution in [-0.2, 0) is 38.1 Å². The smallest absolute Gasteiger partial charge is 0.334 e. The van der Waals surface area contributed by atoms with Gasteiger partial charge in [0.1, 0.15) is 24.6 Å². The van der Waals surface area contributed by atoms with E-state index >= 15 is 0 Å². The van der Waals surface area contributed by atoms with Gasteiger partial charge >= 0.3 is 17.9 Å². The summed E-state index contributed by atoms with van der Waals surface area (Å²) in [7, 11) is 1.35. The molecule has 0 bridgehead atoms. The monoisotopic (exact) mass is 498 g/mol. The van der Waals surface area contributed by atoms with Crippen molar-refractivity contribution in [2.24, 2.45) is 28.6 Å². The predicted octanol–water partition coefficient (Wildman–Crippen LogP) is 3.25. The SMILES string of the molecule is COC(=O)C[C@H]1[C@]2(C)C3=C(C)[C@H](C4=CCOC4=O)C[C@H]3O[C@@H]2[C@H](OC(C)=O)[C@H]2C(C)=CCC(=O)[C@]12C. The minimum atomic E-state index is -0.979. The summed E-state index contributed by atoms with van der Waals surface area (Å²) in [5.41, 5.74) is 1.83. The minimum absolute atomic E-state index is 0.0159. The van der Waals surface area contributed by atoms with Crippen molar-refractivity contribution in [3.63, 3.8) is 0 Å². The van der Waals surface area contributed by atoms with Crippen LogP contribution in [0.3, 0.4) is 0 Å². The Morgan fingerprint density at radius 1 is 1.14 bits per heavy atom. The molecule has 8 heteroatoms. The zero-order valence-electron chi connectivity index (χ0n) is 21.7. The largest absolute Gasteiger partial charge is 0.469 e. The van der Waals surface area contributed by atoms with Crippen molar-refractivity contribution < 1.29 is 38.1 Å². The molecule has 2 heterocycles. The van der Waals surface area contributed by atoms with Gasteiger partial charge < -0.3 is 18.9 Å². The van der Waals surface area contributed by atoms with Gasteiger partial charge in [-0.25, -0.2) is 4.79 Å². The number of cyclic esters (lactones) is 1. The highest BCUT2D eigenvalue weighted by atomic mass is 16.6. The number of rotatable bonds is 4. The van der Waals surface area contributed by atoms with Crippen LogP contribution in [0.1, 0.15) is 53.9 Å². The molecule has 1 saturated carbocycles. The fraction of sp³-hybridized carbons (Fsp3) is 0.643. The summed E-state index contributed by atoms with van der Waals surface area (Å²) in [6.07, 6.45) is 3.02. The minimum Gasteiger partial charge on any atom is -0.469 e. The average molecular weight is 499 g/mol. The number of hydrogen-bond acceptors (Lipinski definition) is 8. The molecule has 1 saturated heterocycles. The standard InChI is InChI=1S/C28H34O8/c1-13-7-8-20(30)27(4)19(12-21(31)33-6)28(5)23-14(2)17(16-9-10-34-26(16)32)11-18(23)36-25(28)24(22(13)27)35-15(3)29/h7,9,17-19,22,24-25H,8,10-12H2,1-6H3/t17-,18-,19-,22-,24-,25-,27+,28-/m1/s1. The van der Waals surface area contributed by atoms with E-state index in [-0.39, 0.29) is 43.2 Å². The van der Waals surface area contributed by atoms with Crippen LogP contribution in [0.5, 0.6) is 0 Å². The number of carbonyl (C=O) groups is 4. The van der Waals surface area contributed by atoms with Crippen LogP contribution >= 0.6 is 0 Å². The fourth-order valence-corrected chi connectivity index (χ4v) is 8.19. The zero-order chi connectivity index (χ0) is 26.2. The molecule has 194 valence electrons. The fourth-order valence-electron chi connectivity index (χ4n) is 8.19. The lowest BCUT2D eigenvalue weighted by Crippen LogP contribution is -2.66. The van der Waals surface area contributed by atoms with Crippen LogP contribution in [0.15, 0.2) is 34.4 Å². The molecule has 0 unspecified atom stereocenters. The summed E-state index contributed by atoms with van der Waals surface area (Å²) in [5, 5.41) is 0. The summed E-state index contributed by atoms with van der Waals surface area (Å²) in [4.78, 5) is 51.3. The number of Topliss-reactive ketones (excluding diaryl/α,β-unsaturated/α-hetero) is 1. The van der Waals surface area contributed by atoms with Crippen molar-refractivity contribution >= 4 is 23.7 Å². The molecule has 0 radical (unpaired) electrons. The maximum absolute atomic E-state index is 13.8. The van der Waals surface area contributed by atoms with Crippen molar-refractivity contribution in [3.05, 3.63) is 34.4 Å². The number of ether oxygens (including phenoxy) is 4. The van der Waals surface area contributed by atoms with Crippen LogP contribution < -0.4 is 0 Å². The number of allylic oxidation sites excluding steroid dienone is 2. The Hall–Kier alpha value is -2.74. The molecular weight excluding hydrogens is 464 g/mol. The number of hydrogen-bond donors (Lipinski definition) is 0. The Morgan fingerprint density at radius 2 is 1.86 bits per heavy atom. The molecule has 5 rings (SSSR count). The van der Waals surface area contributed by atoms with Gasteiger partial charge in [0.05, 0.1) is 19.6 Å². The summed E-state index contributed by atoms with van der Waals surface area (Å²) in [6.45, 7) is 9.53. The van der Waals surface area contributed by atoms with Gasteiger partial charge in [0.25, 0.3) is 0 Å². The van der Waals surface area contributed by atoms with E-state index < -0.39 is 46.8 Å². The van der Waals surface area contributed by atoms with Gasteiger partial charge in [0.2, 0.25) is 0 Å². The van der Waals surface area contributed by atoms with Gasteiger partial charge in [0, 0.05) is 41.6 Å². The van der Waals surface area contributed by atoms with E-state index in [9.17, 15) is 19.2 Å². The number of carbonyl (C=O) groups excluding carboxylic acids is 4. The van der Waals surface area contributed by atoms with E-state index in [1.807, 2.05) is 39.8 Å². The zero-order valence-corrected chi connectivity index (χ0v) is 21.7. The van der Waals surface area contributed by atoms with Crippen molar-refractivity contribution in [2.45, 2.75) is 72.2 Å². The average Bonchev–Trinajstić information content (AvgIpc) is 3.47. The summed E-state index contributed by atoms with van der Waals surface area (Å²) < 4.78 is 23.0. The molecular formula is C28H34O8. The molecule has 0 aromatic carbocycles. The Labute approximate surface area is 211 Å². The van der Waals surface area contributed by atoms with Gasteiger partial charge in [0.15, 0.2) is 0 Å². The second-order valence-electron chi connectivity index (χ2n) is 11.2. The predicted molar refractivity (Wildman–Crippen MR) is 127 cm³/mol. The lowest BCUT2D eigenvalue weighted by atomic mass is 9.44. The molecule has 2 aliphatic heterocycles. The van der Waals surface area contributed by atoms with Gasteiger partial charge in [-0.15, -0.1) is 0 Å². The second kappa shape index (κ2) is 8.40. The molecule has 5 aliphatic rings. The quantitative estimate of drug-likeness (QED) is 0.331. The maximum atomic E-state index is 13.8. The number of methoxy groups -OCH3 is 1. The molecule has 0 spiro atoms. The highest BCUT2D eigenvalue weighted by Crippen LogP contribution is 2.68. The second-order valence-corrected chi connectivity index (χ2v) is 11.2. The molecule has 0 N–H and O–H groups in total. The Bertz CT molecular complexity index is 1140. The van der Waals surface area contributed by atoms with Gasteiger partial charge in [-0.05, 0) is 37.8 Å². The molecule has 2 fully saturated rings. The van der Waals surface area contributed by atoms with E-state index in [0.717, 1.165) is 16.7 Å². The van der Waals surface area contributed by atoms with Crippen molar-refractivity contribution in [1.82, 2.24) is 0 Å². The van der Waals surface area contributed by atoms with E-state index in [1.165, 1.54) is 14.0 Å². The first-order chi connectivity index (χ1) is 17.0. The van der Waals surface area contributed by atoms with E-state index in [2.05, 4.69) is 0 Å². The van der Waals surface area contributed by atoms with Crippen LogP contribution in [-0.4, -0.2) is 55.7 Å². The first-order valence-corrected chi connectivity index (χ1v) is 12.6. The first kappa shape index (κ1) is 24.9. The molecule has 0 amide bonds. The lowest BCUT2D eigenvalue weighted by Gasteiger charge is -2.60. The van der Waals surface area contributed by atoms with E-state index in [0.29, 0.717) is 12.0 Å². The van der Waals surface area contributed by atoms with Gasteiger partial charge in [-0.2, -0.15) is 0 Å². The number of esters is 3. The molecule has 0 aromatic heterocycles. The Balaban J connectivity index is 1.72. The van der Waals surface area contributed by atoms with Crippen LogP contribution in [0.4, 0.5) is 0 Å². The topological polar surface area (TPSA) is 105 Å². The molecule has 8 atom stereocenters. The Kier molecular flexibility index (Phi) is 5.82. The van der Waals surface area contributed by atoms with Crippen LogP contribution in [0.2, 0.25) is 0 Å². The van der Waals surface area contributed by atoms with Crippen molar-refractivity contribution in [3.8, 4) is 0 Å².